The highest BCUT2D eigenvalue weighted by Crippen LogP contribution is 2.28. The lowest BCUT2D eigenvalue weighted by Crippen LogP contribution is -2.23. The molecule has 0 aliphatic rings. The molecule has 0 aliphatic heterocycles. The van der Waals surface area contributed by atoms with Crippen molar-refractivity contribution in [3.05, 3.63) is 65.0 Å². The molecule has 26 heavy (non-hydrogen) atoms. The van der Waals surface area contributed by atoms with Crippen LogP contribution in [0.1, 0.15) is 39.8 Å². The number of hydrogen-bond donors (Lipinski definition) is 1. The molecular weight excluding hydrogens is 326 g/mol. The van der Waals surface area contributed by atoms with Crippen LogP contribution in [0.3, 0.4) is 0 Å². The third-order valence-corrected chi connectivity index (χ3v) is 4.85. The second-order valence-electron chi connectivity index (χ2n) is 6.84. The van der Waals surface area contributed by atoms with Crippen molar-refractivity contribution < 1.29 is 9.90 Å². The van der Waals surface area contributed by atoms with Crippen molar-refractivity contribution in [2.75, 3.05) is 14.1 Å². The average Bonchev–Trinajstić information content (AvgIpc) is 2.94. The highest BCUT2D eigenvalue weighted by molar-refractivity contribution is 6.00. The Kier molecular flexibility index (Phi) is 5.09. The van der Waals surface area contributed by atoms with Crippen LogP contribution in [0.5, 0.6) is 0 Å². The van der Waals surface area contributed by atoms with Crippen LogP contribution >= 0.6 is 0 Å². The van der Waals surface area contributed by atoms with E-state index in [0.29, 0.717) is 18.4 Å². The molecule has 0 unspecified atom stereocenters. The fourth-order valence-corrected chi connectivity index (χ4v) is 3.32. The van der Waals surface area contributed by atoms with Gasteiger partial charge in [-0.25, -0.2) is 4.98 Å². The number of carbonyl (C=O) groups excluding carboxylic acids is 1. The number of fused-ring (bicyclic) bond motifs is 1. The number of amides is 1. The zero-order valence-corrected chi connectivity index (χ0v) is 15.7. The Bertz CT molecular complexity index is 929. The van der Waals surface area contributed by atoms with E-state index in [2.05, 4.69) is 4.98 Å². The second-order valence-corrected chi connectivity index (χ2v) is 6.84. The Balaban J connectivity index is 2.01. The van der Waals surface area contributed by atoms with Gasteiger partial charge < -0.3 is 14.6 Å². The van der Waals surface area contributed by atoms with Crippen LogP contribution in [-0.2, 0) is 13.5 Å². The number of benzene rings is 2. The highest BCUT2D eigenvalue weighted by Gasteiger charge is 2.20. The summed E-state index contributed by atoms with van der Waals surface area (Å²) < 4.78 is 2.02. The molecule has 1 N–H and O–H groups in total. The minimum atomic E-state index is -0.567. The molecule has 1 atom stereocenters. The maximum absolute atomic E-state index is 12.7. The minimum Gasteiger partial charge on any atom is -0.388 e. The van der Waals surface area contributed by atoms with E-state index in [1.165, 1.54) is 0 Å². The number of aliphatic hydroxyl groups is 1. The first-order chi connectivity index (χ1) is 12.4. The van der Waals surface area contributed by atoms with Gasteiger partial charge in [0.2, 0.25) is 0 Å². The van der Waals surface area contributed by atoms with E-state index >= 15 is 0 Å². The number of aromatic nitrogens is 2. The maximum Gasteiger partial charge on any atom is 0.253 e. The molecule has 1 aromatic heterocycles. The number of imidazole rings is 1. The third kappa shape index (κ3) is 3.35. The summed E-state index contributed by atoms with van der Waals surface area (Å²) in [6, 6.07) is 13.4. The number of rotatable bonds is 5. The van der Waals surface area contributed by atoms with Crippen LogP contribution in [0.2, 0.25) is 0 Å². The summed E-state index contributed by atoms with van der Waals surface area (Å²) in [5.41, 5.74) is 4.35. The first-order valence-electron chi connectivity index (χ1n) is 8.79. The summed E-state index contributed by atoms with van der Waals surface area (Å²) in [6.07, 6.45) is 0.575. The van der Waals surface area contributed by atoms with Crippen LogP contribution in [0, 0.1) is 6.92 Å². The summed E-state index contributed by atoms with van der Waals surface area (Å²) in [6.45, 7) is 1.95. The second kappa shape index (κ2) is 7.30. The Morgan fingerprint density at radius 1 is 1.19 bits per heavy atom. The highest BCUT2D eigenvalue weighted by atomic mass is 16.3. The summed E-state index contributed by atoms with van der Waals surface area (Å²) in [7, 11) is 5.47. The van der Waals surface area contributed by atoms with Gasteiger partial charge >= 0.3 is 0 Å². The number of nitrogens with zero attached hydrogens (tertiary/aromatic N) is 3. The summed E-state index contributed by atoms with van der Waals surface area (Å²) in [4.78, 5) is 18.8. The molecule has 0 radical (unpaired) electrons. The SMILES string of the molecule is Cc1nc2ccc(C(=O)N(C)C)c(CC[C@@H](O)c3ccccc3)c2n1C. The molecule has 0 saturated carbocycles. The lowest BCUT2D eigenvalue weighted by atomic mass is 9.96. The van der Waals surface area contributed by atoms with E-state index in [0.717, 1.165) is 28.0 Å². The molecule has 5 nitrogen and oxygen atoms in total. The van der Waals surface area contributed by atoms with Gasteiger partial charge in [-0.1, -0.05) is 30.3 Å². The molecule has 5 heteroatoms. The van der Waals surface area contributed by atoms with Gasteiger partial charge in [0, 0.05) is 26.7 Å². The largest absolute Gasteiger partial charge is 0.388 e. The molecule has 0 spiro atoms. The topological polar surface area (TPSA) is 58.4 Å². The van der Waals surface area contributed by atoms with E-state index in [4.69, 9.17) is 0 Å². The normalized spacial score (nSPS) is 12.3. The molecule has 1 heterocycles. The van der Waals surface area contributed by atoms with Gasteiger partial charge in [0.25, 0.3) is 5.91 Å². The Hall–Kier alpha value is -2.66. The van der Waals surface area contributed by atoms with Crippen LogP contribution in [0.15, 0.2) is 42.5 Å². The Morgan fingerprint density at radius 3 is 2.54 bits per heavy atom. The van der Waals surface area contributed by atoms with Crippen molar-refractivity contribution >= 4 is 16.9 Å². The lowest BCUT2D eigenvalue weighted by Gasteiger charge is -2.17. The molecule has 1 amide bonds. The molecule has 0 saturated heterocycles. The van der Waals surface area contributed by atoms with Crippen molar-refractivity contribution in [1.82, 2.24) is 14.5 Å². The van der Waals surface area contributed by atoms with Gasteiger partial charge in [-0.2, -0.15) is 0 Å². The molecular formula is C21H25N3O2. The van der Waals surface area contributed by atoms with Crippen LogP contribution in [0.25, 0.3) is 11.0 Å². The van der Waals surface area contributed by atoms with Crippen molar-refractivity contribution in [3.8, 4) is 0 Å². The maximum atomic E-state index is 12.7. The van der Waals surface area contributed by atoms with Gasteiger partial charge in [0.1, 0.15) is 5.82 Å². The fraction of sp³-hybridized carbons (Fsp3) is 0.333. The average molecular weight is 351 g/mol. The van der Waals surface area contributed by atoms with E-state index < -0.39 is 6.10 Å². The smallest absolute Gasteiger partial charge is 0.253 e. The molecule has 3 aromatic rings. The monoisotopic (exact) mass is 351 g/mol. The third-order valence-electron chi connectivity index (χ3n) is 4.85. The molecule has 0 aliphatic carbocycles. The van der Waals surface area contributed by atoms with E-state index in [9.17, 15) is 9.90 Å². The Morgan fingerprint density at radius 2 is 1.88 bits per heavy atom. The van der Waals surface area contributed by atoms with Gasteiger partial charge in [-0.05, 0) is 43.0 Å². The zero-order chi connectivity index (χ0) is 18.8. The fourth-order valence-electron chi connectivity index (χ4n) is 3.32. The van der Waals surface area contributed by atoms with Crippen LogP contribution < -0.4 is 0 Å². The van der Waals surface area contributed by atoms with Crippen molar-refractivity contribution in [2.45, 2.75) is 25.9 Å². The van der Waals surface area contributed by atoms with Crippen LogP contribution in [0.4, 0.5) is 0 Å². The van der Waals surface area contributed by atoms with Gasteiger partial charge in [-0.15, -0.1) is 0 Å². The first-order valence-corrected chi connectivity index (χ1v) is 8.79. The van der Waals surface area contributed by atoms with Gasteiger partial charge in [0.05, 0.1) is 17.1 Å². The summed E-state index contributed by atoms with van der Waals surface area (Å²) >= 11 is 0. The molecule has 0 fully saturated rings. The Labute approximate surface area is 153 Å². The summed E-state index contributed by atoms with van der Waals surface area (Å²) in [5, 5.41) is 10.5. The molecule has 3 rings (SSSR count). The number of aliphatic hydroxyl groups excluding tert-OH is 1. The van der Waals surface area contributed by atoms with Crippen molar-refractivity contribution in [1.29, 1.82) is 0 Å². The van der Waals surface area contributed by atoms with E-state index in [1.54, 1.807) is 19.0 Å². The molecule has 0 bridgehead atoms. The van der Waals surface area contributed by atoms with E-state index in [1.807, 2.05) is 61.0 Å². The van der Waals surface area contributed by atoms with Gasteiger partial charge in [-0.3, -0.25) is 4.79 Å². The quantitative estimate of drug-likeness (QED) is 0.768. The number of aryl methyl sites for hydroxylation is 3. The number of carbonyl (C=O) groups is 1. The number of hydrogen-bond acceptors (Lipinski definition) is 3. The zero-order valence-electron chi connectivity index (χ0n) is 15.7. The standard InChI is InChI=1S/C21H25N3O2/c1-14-22-18-12-10-17(21(26)23(2)3)16(20(18)24(14)4)11-13-19(25)15-8-6-5-7-9-15/h5-10,12,19,25H,11,13H2,1-4H3/t19-/m1/s1. The molecule has 2 aromatic carbocycles. The minimum absolute atomic E-state index is 0.0325. The van der Waals surface area contributed by atoms with Gasteiger partial charge in [0.15, 0.2) is 0 Å². The molecule has 136 valence electrons. The van der Waals surface area contributed by atoms with E-state index in [-0.39, 0.29) is 5.91 Å². The summed E-state index contributed by atoms with van der Waals surface area (Å²) in [5.74, 6) is 0.870. The lowest BCUT2D eigenvalue weighted by molar-refractivity contribution is 0.0826. The van der Waals surface area contributed by atoms with Crippen LogP contribution in [-0.4, -0.2) is 39.6 Å². The first kappa shape index (κ1) is 18.1. The predicted molar refractivity (Wildman–Crippen MR) is 103 cm³/mol. The predicted octanol–water partition coefficient (Wildman–Crippen LogP) is 3.25. The van der Waals surface area contributed by atoms with Crippen molar-refractivity contribution in [2.24, 2.45) is 7.05 Å². The van der Waals surface area contributed by atoms with Crippen molar-refractivity contribution in [3.63, 3.8) is 0 Å².